The molecule has 3 unspecified atom stereocenters. The Hall–Kier alpha value is -4.46. The molecule has 4 aromatic rings. The number of para-hydroxylation sites is 2. The minimum atomic E-state index is -0.446. The van der Waals surface area contributed by atoms with Gasteiger partial charge in [0.05, 0.1) is 32.2 Å². The van der Waals surface area contributed by atoms with E-state index < -0.39 is 5.41 Å². The van der Waals surface area contributed by atoms with Gasteiger partial charge in [-0.05, 0) is 89.5 Å². The molecule has 51 heavy (non-hydrogen) atoms. The number of ether oxygens (including phenoxy) is 5. The van der Waals surface area contributed by atoms with Crippen LogP contribution in [0.15, 0.2) is 103 Å². The summed E-state index contributed by atoms with van der Waals surface area (Å²) < 4.78 is 28.9. The fourth-order valence-corrected chi connectivity index (χ4v) is 7.99. The van der Waals surface area contributed by atoms with Crippen LogP contribution in [0.5, 0.6) is 17.2 Å². The fourth-order valence-electron chi connectivity index (χ4n) is 7.99. The maximum atomic E-state index is 13.5. The first kappa shape index (κ1) is 36.3. The number of rotatable bonds is 14. The number of methoxy groups -OCH3 is 1. The van der Waals surface area contributed by atoms with E-state index in [2.05, 4.69) is 75.4 Å². The van der Waals surface area contributed by atoms with Crippen LogP contribution in [0.2, 0.25) is 0 Å². The van der Waals surface area contributed by atoms with E-state index in [0.29, 0.717) is 57.2 Å². The molecule has 268 valence electrons. The van der Waals surface area contributed by atoms with Gasteiger partial charge in [0.15, 0.2) is 0 Å². The molecule has 0 aromatic heterocycles. The number of benzene rings is 4. The van der Waals surface area contributed by atoms with Crippen LogP contribution in [-0.2, 0) is 25.5 Å². The van der Waals surface area contributed by atoms with Gasteiger partial charge in [0, 0.05) is 19.1 Å². The number of hydrogen-bond acceptors (Lipinski definition) is 7. The Bertz CT molecular complexity index is 1740. The van der Waals surface area contributed by atoms with E-state index in [4.69, 9.17) is 23.7 Å². The molecule has 2 heterocycles. The summed E-state index contributed by atoms with van der Waals surface area (Å²) in [5, 5.41) is 0. The number of esters is 2. The molecule has 0 N–H and O–H groups in total. The highest BCUT2D eigenvalue weighted by Crippen LogP contribution is 2.56. The lowest BCUT2D eigenvalue weighted by molar-refractivity contribution is -0.139. The molecular weight excluding hydrogens is 640 g/mol. The van der Waals surface area contributed by atoms with Crippen molar-refractivity contribution in [2.45, 2.75) is 64.2 Å². The van der Waals surface area contributed by atoms with Crippen LogP contribution < -0.4 is 14.2 Å². The quantitative estimate of drug-likeness (QED) is 0.0966. The van der Waals surface area contributed by atoms with Crippen molar-refractivity contribution in [1.29, 1.82) is 0 Å². The first-order valence-corrected chi connectivity index (χ1v) is 18.2. The van der Waals surface area contributed by atoms with Gasteiger partial charge in [0.1, 0.15) is 17.2 Å². The van der Waals surface area contributed by atoms with Gasteiger partial charge in [-0.3, -0.25) is 9.59 Å². The Morgan fingerprint density at radius 3 is 1.88 bits per heavy atom. The molecule has 2 saturated heterocycles. The summed E-state index contributed by atoms with van der Waals surface area (Å²) in [5.41, 5.74) is 3.87. The molecular formula is C44H50O7. The van der Waals surface area contributed by atoms with Crippen molar-refractivity contribution in [2.24, 2.45) is 17.3 Å². The van der Waals surface area contributed by atoms with Gasteiger partial charge < -0.3 is 23.7 Å². The highest BCUT2D eigenvalue weighted by Gasteiger charge is 2.43. The first-order valence-electron chi connectivity index (χ1n) is 18.2. The first-order chi connectivity index (χ1) is 24.8. The molecule has 2 aliphatic heterocycles. The third-order valence-electron chi connectivity index (χ3n) is 10.6. The second-order valence-corrected chi connectivity index (χ2v) is 14.5. The Morgan fingerprint density at radius 1 is 0.725 bits per heavy atom. The van der Waals surface area contributed by atoms with Crippen molar-refractivity contribution in [3.63, 3.8) is 0 Å². The second kappa shape index (κ2) is 16.7. The van der Waals surface area contributed by atoms with Gasteiger partial charge in [-0.15, -0.1) is 0 Å². The van der Waals surface area contributed by atoms with E-state index in [1.165, 1.54) is 11.1 Å². The van der Waals surface area contributed by atoms with E-state index in [0.717, 1.165) is 23.3 Å². The summed E-state index contributed by atoms with van der Waals surface area (Å²) >= 11 is 0. The zero-order chi connectivity index (χ0) is 35.8. The third-order valence-corrected chi connectivity index (χ3v) is 10.6. The molecule has 4 aromatic carbocycles. The van der Waals surface area contributed by atoms with E-state index in [-0.39, 0.29) is 41.5 Å². The van der Waals surface area contributed by atoms with Crippen molar-refractivity contribution in [2.75, 3.05) is 33.5 Å². The van der Waals surface area contributed by atoms with Gasteiger partial charge in [-0.25, -0.2) is 0 Å². The van der Waals surface area contributed by atoms with Crippen molar-refractivity contribution in [3.8, 4) is 17.2 Å². The zero-order valence-electron chi connectivity index (χ0n) is 30.2. The van der Waals surface area contributed by atoms with Crippen LogP contribution in [0.4, 0.5) is 0 Å². The molecule has 0 amide bonds. The third kappa shape index (κ3) is 8.54. The summed E-state index contributed by atoms with van der Waals surface area (Å²) in [7, 11) is 1.68. The minimum absolute atomic E-state index is 0.0281. The molecule has 7 nitrogen and oxygen atoms in total. The Kier molecular flexibility index (Phi) is 11.9. The summed E-state index contributed by atoms with van der Waals surface area (Å²) in [6.07, 6.45) is 2.79. The highest BCUT2D eigenvalue weighted by atomic mass is 16.5. The van der Waals surface area contributed by atoms with Crippen LogP contribution in [0.25, 0.3) is 0 Å². The molecule has 0 spiro atoms. The van der Waals surface area contributed by atoms with E-state index in [1.54, 1.807) is 7.11 Å². The number of carbonyl (C=O) groups excluding carboxylic acids is 2. The normalized spacial score (nSPS) is 19.2. The number of carbonyl (C=O) groups is 2. The topological polar surface area (TPSA) is 80.3 Å². The minimum Gasteiger partial charge on any atom is -0.497 e. The monoisotopic (exact) mass is 690 g/mol. The van der Waals surface area contributed by atoms with Crippen LogP contribution in [0.1, 0.15) is 80.0 Å². The second-order valence-electron chi connectivity index (χ2n) is 14.5. The maximum Gasteiger partial charge on any atom is 0.316 e. The SMILES string of the molecule is CC[C@@H](c1ccc(OC)cc1)[C@H](c1ccccc1)C(c1ccccc1OC(=O)C1CCOC1)C(C)(C)Cc1ccccc1OC(=O)C1CCOC1. The van der Waals surface area contributed by atoms with Crippen molar-refractivity contribution >= 4 is 11.9 Å². The molecule has 5 atom stereocenters. The summed E-state index contributed by atoms with van der Waals surface area (Å²) in [5.74, 6) is 0.808. The lowest BCUT2D eigenvalue weighted by Crippen LogP contribution is -2.34. The Labute approximate surface area is 302 Å². The van der Waals surface area contributed by atoms with E-state index in [9.17, 15) is 9.59 Å². The molecule has 2 aliphatic rings. The largest absolute Gasteiger partial charge is 0.497 e. The average Bonchev–Trinajstić information content (AvgIpc) is 3.90. The smallest absolute Gasteiger partial charge is 0.316 e. The summed E-state index contributed by atoms with van der Waals surface area (Å²) in [6, 6.07) is 34.9. The lowest BCUT2D eigenvalue weighted by Gasteiger charge is -2.44. The standard InChI is InChI=1S/C44H50O7/c1-5-36(30-19-21-35(47-4)22-20-30)40(31-13-7-6-8-14-31)41(37-16-10-12-18-39(37)51-43(46)34-24-26-49-29-34)44(2,3)27-32-15-9-11-17-38(32)50-42(45)33-23-25-48-28-33/h6-22,33-34,36,40-41H,5,23-29H2,1-4H3/t33?,34?,36-,40-,41?/m0/s1. The van der Waals surface area contributed by atoms with Crippen LogP contribution in [0.3, 0.4) is 0 Å². The maximum absolute atomic E-state index is 13.5. The molecule has 0 saturated carbocycles. The van der Waals surface area contributed by atoms with Gasteiger partial charge in [0.2, 0.25) is 0 Å². The zero-order valence-corrected chi connectivity index (χ0v) is 30.2. The molecule has 0 aliphatic carbocycles. The molecule has 0 radical (unpaired) electrons. The van der Waals surface area contributed by atoms with Gasteiger partial charge in [0.25, 0.3) is 0 Å². The van der Waals surface area contributed by atoms with Crippen molar-refractivity contribution < 1.29 is 33.3 Å². The predicted molar refractivity (Wildman–Crippen MR) is 197 cm³/mol. The molecule has 7 heteroatoms. The van der Waals surface area contributed by atoms with Crippen molar-refractivity contribution in [1.82, 2.24) is 0 Å². The Balaban J connectivity index is 1.47. The average molecular weight is 691 g/mol. The highest BCUT2D eigenvalue weighted by molar-refractivity contribution is 5.76. The van der Waals surface area contributed by atoms with Crippen LogP contribution in [0, 0.1) is 17.3 Å². The summed E-state index contributed by atoms with van der Waals surface area (Å²) in [4.78, 5) is 26.7. The van der Waals surface area contributed by atoms with Gasteiger partial charge >= 0.3 is 11.9 Å². The number of hydrogen-bond donors (Lipinski definition) is 0. The van der Waals surface area contributed by atoms with E-state index >= 15 is 0 Å². The van der Waals surface area contributed by atoms with Gasteiger partial charge in [-0.2, -0.15) is 0 Å². The van der Waals surface area contributed by atoms with Gasteiger partial charge in [-0.1, -0.05) is 99.6 Å². The lowest BCUT2D eigenvalue weighted by atomic mass is 9.59. The fraction of sp³-hybridized carbons (Fsp3) is 0.409. The van der Waals surface area contributed by atoms with Crippen LogP contribution in [-0.4, -0.2) is 45.5 Å². The summed E-state index contributed by atoms with van der Waals surface area (Å²) in [6.45, 7) is 8.69. The molecule has 2 fully saturated rings. The molecule has 6 rings (SSSR count). The predicted octanol–water partition coefficient (Wildman–Crippen LogP) is 8.91. The van der Waals surface area contributed by atoms with Crippen LogP contribution >= 0.6 is 0 Å². The Morgan fingerprint density at radius 2 is 1.29 bits per heavy atom. The van der Waals surface area contributed by atoms with Crippen molar-refractivity contribution in [3.05, 3.63) is 125 Å². The van der Waals surface area contributed by atoms with E-state index in [1.807, 2.05) is 48.5 Å². The molecule has 0 bridgehead atoms.